The Kier molecular flexibility index (Phi) is 6.08. The summed E-state index contributed by atoms with van der Waals surface area (Å²) in [6, 6.07) is 3.67. The van der Waals surface area contributed by atoms with E-state index in [1.54, 1.807) is 23.0 Å². The van der Waals surface area contributed by atoms with Crippen molar-refractivity contribution in [3.05, 3.63) is 40.9 Å². The first kappa shape index (κ1) is 22.1. The molecule has 3 heterocycles. The molecule has 0 radical (unpaired) electrons. The number of hydrogen-bond acceptors (Lipinski definition) is 5. The Morgan fingerprint density at radius 2 is 1.93 bits per heavy atom. The predicted octanol–water partition coefficient (Wildman–Crippen LogP) is 5.23. The molecule has 162 valence electrons. The topological polar surface area (TPSA) is 77.5 Å². The molecule has 0 aliphatic heterocycles. The number of fused-ring (bicyclic) bond motifs is 1. The zero-order chi connectivity index (χ0) is 22.2. The number of ether oxygens (including phenoxy) is 1. The molecule has 0 saturated carbocycles. The van der Waals surface area contributed by atoms with E-state index in [4.69, 9.17) is 16.3 Å². The van der Waals surface area contributed by atoms with Crippen LogP contribution in [0.2, 0.25) is 5.15 Å². The fourth-order valence-electron chi connectivity index (χ4n) is 3.18. The molecule has 3 rings (SSSR count). The molecule has 8 nitrogen and oxygen atoms in total. The Bertz CT molecular complexity index is 1050. The van der Waals surface area contributed by atoms with E-state index in [9.17, 15) is 4.79 Å². The van der Waals surface area contributed by atoms with Crippen LogP contribution in [-0.2, 0) is 11.3 Å². The lowest BCUT2D eigenvalue weighted by atomic mass is 10.1. The van der Waals surface area contributed by atoms with Crippen molar-refractivity contribution in [2.24, 2.45) is 0 Å². The summed E-state index contributed by atoms with van der Waals surface area (Å²) in [6.45, 7) is 14.0. The first-order valence-corrected chi connectivity index (χ1v) is 10.4. The van der Waals surface area contributed by atoms with Gasteiger partial charge < -0.3 is 4.74 Å². The van der Waals surface area contributed by atoms with E-state index in [0.29, 0.717) is 11.5 Å². The van der Waals surface area contributed by atoms with Gasteiger partial charge in [-0.25, -0.2) is 9.78 Å². The molecule has 0 spiro atoms. The van der Waals surface area contributed by atoms with Crippen LogP contribution in [0.25, 0.3) is 5.65 Å². The van der Waals surface area contributed by atoms with Crippen LogP contribution in [-0.4, -0.2) is 36.1 Å². The molecule has 0 atom stereocenters. The minimum absolute atomic E-state index is 0.147. The highest BCUT2D eigenvalue weighted by molar-refractivity contribution is 6.29. The molecule has 3 aromatic heterocycles. The number of amides is 1. The lowest BCUT2D eigenvalue weighted by molar-refractivity contribution is 0.0574. The summed E-state index contributed by atoms with van der Waals surface area (Å²) < 4.78 is 9.21. The number of carbonyl (C=O) groups excluding carboxylic acids is 1. The molecular formula is C21H29ClN6O2. The quantitative estimate of drug-likeness (QED) is 0.516. The summed E-state index contributed by atoms with van der Waals surface area (Å²) in [4.78, 5) is 19.2. The van der Waals surface area contributed by atoms with E-state index in [1.807, 2.05) is 45.4 Å². The predicted molar refractivity (Wildman–Crippen MR) is 117 cm³/mol. The van der Waals surface area contributed by atoms with E-state index < -0.39 is 11.7 Å². The molecule has 0 aliphatic carbocycles. The highest BCUT2D eigenvalue weighted by Crippen LogP contribution is 2.28. The van der Waals surface area contributed by atoms with Crippen molar-refractivity contribution in [3.8, 4) is 0 Å². The summed E-state index contributed by atoms with van der Waals surface area (Å²) in [5.74, 6) is 0.696. The van der Waals surface area contributed by atoms with E-state index in [2.05, 4.69) is 29.0 Å². The van der Waals surface area contributed by atoms with Gasteiger partial charge in [0.2, 0.25) is 0 Å². The van der Waals surface area contributed by atoms with Crippen LogP contribution in [0.1, 0.15) is 71.7 Å². The highest BCUT2D eigenvalue weighted by atomic mass is 35.5. The van der Waals surface area contributed by atoms with Crippen LogP contribution in [0.5, 0.6) is 0 Å². The van der Waals surface area contributed by atoms with Crippen LogP contribution in [0.3, 0.4) is 0 Å². The van der Waals surface area contributed by atoms with Gasteiger partial charge in [0.1, 0.15) is 16.6 Å². The van der Waals surface area contributed by atoms with E-state index >= 15 is 0 Å². The van der Waals surface area contributed by atoms with Gasteiger partial charge in [-0.05, 0) is 46.6 Å². The van der Waals surface area contributed by atoms with Crippen molar-refractivity contribution < 1.29 is 9.53 Å². The maximum Gasteiger partial charge on any atom is 0.416 e. The smallest absolute Gasteiger partial charge is 0.416 e. The molecule has 0 bridgehead atoms. The minimum atomic E-state index is -0.656. The van der Waals surface area contributed by atoms with Gasteiger partial charge >= 0.3 is 6.09 Å². The van der Waals surface area contributed by atoms with Gasteiger partial charge in [-0.15, -0.1) is 0 Å². The van der Waals surface area contributed by atoms with Crippen LogP contribution in [0.4, 0.5) is 10.6 Å². The zero-order valence-corrected chi connectivity index (χ0v) is 19.3. The fraction of sp³-hybridized carbons (Fsp3) is 0.524. The molecule has 0 fully saturated rings. The Morgan fingerprint density at radius 1 is 1.23 bits per heavy atom. The van der Waals surface area contributed by atoms with Crippen molar-refractivity contribution in [2.45, 2.75) is 72.6 Å². The van der Waals surface area contributed by atoms with E-state index in [1.165, 1.54) is 4.90 Å². The second kappa shape index (κ2) is 8.26. The largest absolute Gasteiger partial charge is 0.443 e. The van der Waals surface area contributed by atoms with Crippen LogP contribution >= 0.6 is 11.6 Å². The first-order valence-electron chi connectivity index (χ1n) is 10.0. The lowest BCUT2D eigenvalue weighted by Crippen LogP contribution is -2.38. The van der Waals surface area contributed by atoms with Crippen LogP contribution in [0, 0.1) is 0 Å². The summed E-state index contributed by atoms with van der Waals surface area (Å²) in [5.41, 5.74) is 1.79. The third-order valence-electron chi connectivity index (χ3n) is 4.52. The number of nitrogens with zero attached hydrogens (tertiary/aromatic N) is 6. The van der Waals surface area contributed by atoms with Gasteiger partial charge in [0, 0.05) is 23.9 Å². The van der Waals surface area contributed by atoms with E-state index in [0.717, 1.165) is 11.3 Å². The molecule has 0 N–H and O–H groups in total. The first-order chi connectivity index (χ1) is 14.0. The lowest BCUT2D eigenvalue weighted by Gasteiger charge is -2.28. The fourth-order valence-corrected chi connectivity index (χ4v) is 3.36. The molecule has 0 aliphatic rings. The molecule has 30 heavy (non-hydrogen) atoms. The van der Waals surface area contributed by atoms with Crippen LogP contribution in [0.15, 0.2) is 24.5 Å². The summed E-state index contributed by atoms with van der Waals surface area (Å²) in [7, 11) is 0. The molecule has 0 unspecified atom stereocenters. The molecule has 3 aromatic rings. The Morgan fingerprint density at radius 3 is 2.53 bits per heavy atom. The van der Waals surface area contributed by atoms with Gasteiger partial charge in [-0.1, -0.05) is 25.4 Å². The van der Waals surface area contributed by atoms with Crippen molar-refractivity contribution >= 4 is 29.2 Å². The highest BCUT2D eigenvalue weighted by Gasteiger charge is 2.28. The van der Waals surface area contributed by atoms with Gasteiger partial charge in [0.25, 0.3) is 0 Å². The number of carbonyl (C=O) groups is 1. The average molecular weight is 433 g/mol. The SMILES string of the molecule is CC(C)c1cnn2c(N(Cc3ccnn3C(C)C)C(=O)OC(C)(C)C)cc(Cl)nc12. The van der Waals surface area contributed by atoms with Crippen LogP contribution < -0.4 is 4.90 Å². The summed E-state index contributed by atoms with van der Waals surface area (Å²) >= 11 is 6.35. The standard InChI is InChI=1S/C21H29ClN6O2/c1-13(2)16-11-24-28-18(10-17(22)25-19(16)28)26(20(29)30-21(5,6)7)12-15-8-9-23-27(15)14(3)4/h8-11,13-14H,12H2,1-7H3. The number of anilines is 1. The summed E-state index contributed by atoms with van der Waals surface area (Å²) in [6.07, 6.45) is 2.99. The average Bonchev–Trinajstić information content (AvgIpc) is 3.23. The Labute approximate surface area is 181 Å². The monoisotopic (exact) mass is 432 g/mol. The molecular weight excluding hydrogens is 404 g/mol. The van der Waals surface area contributed by atoms with Crippen molar-refractivity contribution in [3.63, 3.8) is 0 Å². The molecule has 0 aromatic carbocycles. The maximum atomic E-state index is 13.2. The molecule has 9 heteroatoms. The second-order valence-electron chi connectivity index (χ2n) is 8.85. The third-order valence-corrected chi connectivity index (χ3v) is 4.72. The van der Waals surface area contributed by atoms with Crippen molar-refractivity contribution in [1.82, 2.24) is 24.4 Å². The molecule has 1 amide bonds. The third kappa shape index (κ3) is 4.59. The van der Waals surface area contributed by atoms with Gasteiger partial charge in [0.05, 0.1) is 18.4 Å². The van der Waals surface area contributed by atoms with Gasteiger partial charge in [0.15, 0.2) is 5.65 Å². The zero-order valence-electron chi connectivity index (χ0n) is 18.5. The number of halogens is 1. The number of rotatable bonds is 5. The number of aromatic nitrogens is 5. The minimum Gasteiger partial charge on any atom is -0.443 e. The van der Waals surface area contributed by atoms with E-state index in [-0.39, 0.29) is 23.7 Å². The van der Waals surface area contributed by atoms with Gasteiger partial charge in [-0.3, -0.25) is 9.58 Å². The second-order valence-corrected chi connectivity index (χ2v) is 9.24. The van der Waals surface area contributed by atoms with Gasteiger partial charge in [-0.2, -0.15) is 14.7 Å². The Hall–Kier alpha value is -2.61. The van der Waals surface area contributed by atoms with Crippen molar-refractivity contribution in [2.75, 3.05) is 4.90 Å². The molecule has 0 saturated heterocycles. The normalized spacial score (nSPS) is 12.2. The van der Waals surface area contributed by atoms with Crippen molar-refractivity contribution in [1.29, 1.82) is 0 Å². The summed E-state index contributed by atoms with van der Waals surface area (Å²) in [5, 5.41) is 9.15. The maximum absolute atomic E-state index is 13.2. The number of hydrogen-bond donors (Lipinski definition) is 0. The Balaban J connectivity index is 2.15.